The van der Waals surface area contributed by atoms with Crippen LogP contribution in [0.25, 0.3) is 0 Å². The van der Waals surface area contributed by atoms with Gasteiger partial charge in [-0.3, -0.25) is 14.5 Å². The first-order chi connectivity index (χ1) is 16.5. The van der Waals surface area contributed by atoms with Gasteiger partial charge in [-0.15, -0.1) is 0 Å². The predicted molar refractivity (Wildman–Crippen MR) is 134 cm³/mol. The van der Waals surface area contributed by atoms with Gasteiger partial charge in [0.25, 0.3) is 5.91 Å². The fourth-order valence-corrected chi connectivity index (χ4v) is 5.90. The Morgan fingerprint density at radius 1 is 1.20 bits per heavy atom. The predicted octanol–water partition coefficient (Wildman–Crippen LogP) is 2.91. The first kappa shape index (κ1) is 26.1. The highest BCUT2D eigenvalue weighted by molar-refractivity contribution is 7.93. The summed E-state index contributed by atoms with van der Waals surface area (Å²) < 4.78 is 38.0. The molecule has 4 rings (SSSR count). The highest BCUT2D eigenvalue weighted by Crippen LogP contribution is 2.42. The van der Waals surface area contributed by atoms with Crippen molar-refractivity contribution in [1.82, 2.24) is 15.1 Å². The van der Waals surface area contributed by atoms with E-state index in [2.05, 4.69) is 10.2 Å². The van der Waals surface area contributed by atoms with Crippen molar-refractivity contribution >= 4 is 33.3 Å². The molecule has 2 heterocycles. The summed E-state index contributed by atoms with van der Waals surface area (Å²) in [4.78, 5) is 30.2. The van der Waals surface area contributed by atoms with E-state index in [1.807, 2.05) is 24.3 Å². The van der Waals surface area contributed by atoms with E-state index in [0.717, 1.165) is 36.6 Å². The van der Waals surface area contributed by atoms with Crippen molar-refractivity contribution in [3.63, 3.8) is 0 Å². The van der Waals surface area contributed by atoms with Crippen molar-refractivity contribution in [1.29, 1.82) is 0 Å². The minimum Gasteiger partial charge on any atom is -0.347 e. The Labute approximate surface area is 211 Å². The Balaban J connectivity index is 1.40. The average Bonchev–Trinajstić information content (AvgIpc) is 3.56. The summed E-state index contributed by atoms with van der Waals surface area (Å²) in [6.45, 7) is 3.35. The number of nitrogens with one attached hydrogen (secondary N) is 1. The number of amides is 2. The van der Waals surface area contributed by atoms with Gasteiger partial charge in [-0.1, -0.05) is 35.9 Å². The third-order valence-electron chi connectivity index (χ3n) is 7.28. The second-order valence-electron chi connectivity index (χ2n) is 10.1. The maximum absolute atomic E-state index is 15.5. The van der Waals surface area contributed by atoms with Crippen LogP contribution in [-0.4, -0.2) is 80.2 Å². The number of rotatable bonds is 7. The normalized spacial score (nSPS) is 26.1. The molecule has 3 fully saturated rings. The molecule has 0 unspecified atom stereocenters. The number of halogens is 2. The number of sulfone groups is 1. The highest BCUT2D eigenvalue weighted by Gasteiger charge is 2.48. The average molecular weight is 526 g/mol. The topological polar surface area (TPSA) is 86.8 Å². The van der Waals surface area contributed by atoms with Crippen molar-refractivity contribution in [2.24, 2.45) is 5.92 Å². The number of nitrogens with zero attached hydrogens (tertiary/aromatic N) is 2. The number of carbonyl (C=O) groups is 2. The Bertz CT molecular complexity index is 1100. The second kappa shape index (κ2) is 10.2. The number of alkyl halides is 1. The number of benzene rings is 1. The summed E-state index contributed by atoms with van der Waals surface area (Å²) in [5, 5.41) is 4.18. The van der Waals surface area contributed by atoms with Gasteiger partial charge >= 0.3 is 0 Å². The minimum absolute atomic E-state index is 0.00928. The van der Waals surface area contributed by atoms with Crippen LogP contribution in [0.2, 0.25) is 5.02 Å². The molecular formula is C25H33ClFN3O4S. The van der Waals surface area contributed by atoms with Gasteiger partial charge in [-0.2, -0.15) is 0 Å². The molecule has 35 heavy (non-hydrogen) atoms. The van der Waals surface area contributed by atoms with E-state index in [1.165, 1.54) is 6.08 Å². The lowest BCUT2D eigenvalue weighted by Crippen LogP contribution is -2.54. The fourth-order valence-electron chi connectivity index (χ4n) is 5.10. The first-order valence-electron chi connectivity index (χ1n) is 12.1. The van der Waals surface area contributed by atoms with Crippen LogP contribution in [0, 0.1) is 5.92 Å². The number of piperidine rings is 1. The zero-order chi connectivity index (χ0) is 25.4. The molecule has 0 aromatic heterocycles. The number of hydrogen-bond donors (Lipinski definition) is 1. The maximum atomic E-state index is 15.5. The van der Waals surface area contributed by atoms with Crippen molar-refractivity contribution in [3.05, 3.63) is 46.3 Å². The molecule has 2 aliphatic heterocycles. The van der Waals surface area contributed by atoms with Crippen LogP contribution >= 0.6 is 11.6 Å². The lowest BCUT2D eigenvalue weighted by atomic mass is 9.86. The molecule has 0 bridgehead atoms. The van der Waals surface area contributed by atoms with E-state index in [1.54, 1.807) is 11.8 Å². The highest BCUT2D eigenvalue weighted by atomic mass is 35.5. The Morgan fingerprint density at radius 3 is 2.46 bits per heavy atom. The van der Waals surface area contributed by atoms with Gasteiger partial charge in [-0.25, -0.2) is 12.8 Å². The molecule has 7 nitrogen and oxygen atoms in total. The standard InChI is InChI=1S/C25H33ClFN3O4S/c1-17(9-14-35(2,33)34)28-24(32)25(27)10-12-29(13-11-25)23(31)21-16-30(18-7-8-18)15-20(21)19-5-3-4-6-22(19)26/h3-6,9,14,17-18,20-21H,7-8,10-13,15-16H2,1-2H3,(H,28,32)/b14-9-/t17-,20+,21+/m1/s1. The minimum atomic E-state index is -3.33. The summed E-state index contributed by atoms with van der Waals surface area (Å²) in [7, 11) is -3.33. The SMILES string of the molecule is C[C@H](/C=C\S(C)(=O)=O)NC(=O)C1(F)CCN(C(=O)[C@H]2CN(C3CC3)C[C@H]2c2ccccc2Cl)CC1. The van der Waals surface area contributed by atoms with Crippen molar-refractivity contribution in [3.8, 4) is 0 Å². The first-order valence-corrected chi connectivity index (χ1v) is 14.5. The van der Waals surface area contributed by atoms with Gasteiger partial charge in [0.05, 0.1) is 5.92 Å². The molecule has 1 N–H and O–H groups in total. The van der Waals surface area contributed by atoms with Crippen LogP contribution in [0.4, 0.5) is 4.39 Å². The lowest BCUT2D eigenvalue weighted by Gasteiger charge is -2.37. The van der Waals surface area contributed by atoms with Crippen molar-refractivity contribution < 1.29 is 22.4 Å². The summed E-state index contributed by atoms with van der Waals surface area (Å²) in [5.74, 6) is -1.05. The summed E-state index contributed by atoms with van der Waals surface area (Å²) >= 11 is 6.49. The van der Waals surface area contributed by atoms with Crippen molar-refractivity contribution in [2.75, 3.05) is 32.4 Å². The molecule has 1 aliphatic carbocycles. The molecule has 3 aliphatic rings. The molecular weight excluding hydrogens is 493 g/mol. The number of likely N-dealkylation sites (tertiary alicyclic amines) is 2. The van der Waals surface area contributed by atoms with Crippen LogP contribution in [0.3, 0.4) is 0 Å². The third kappa shape index (κ3) is 6.24. The van der Waals surface area contributed by atoms with Crippen molar-refractivity contribution in [2.45, 2.75) is 56.3 Å². The molecule has 1 saturated carbocycles. The van der Waals surface area contributed by atoms with Crippen LogP contribution < -0.4 is 5.32 Å². The number of carbonyl (C=O) groups excluding carboxylic acids is 2. The summed E-state index contributed by atoms with van der Waals surface area (Å²) in [5.41, 5.74) is -1.12. The molecule has 2 saturated heterocycles. The molecule has 0 radical (unpaired) electrons. The zero-order valence-corrected chi connectivity index (χ0v) is 21.7. The molecule has 1 aromatic rings. The zero-order valence-electron chi connectivity index (χ0n) is 20.1. The molecule has 0 spiro atoms. The summed E-state index contributed by atoms with van der Waals surface area (Å²) in [6, 6.07) is 7.54. The summed E-state index contributed by atoms with van der Waals surface area (Å²) in [6.07, 6.45) is 4.47. The fraction of sp³-hybridized carbons (Fsp3) is 0.600. The number of hydrogen-bond acceptors (Lipinski definition) is 5. The Morgan fingerprint density at radius 2 is 1.86 bits per heavy atom. The lowest BCUT2D eigenvalue weighted by molar-refractivity contribution is -0.144. The van der Waals surface area contributed by atoms with Gasteiger partial charge in [-0.05, 0) is 31.4 Å². The van der Waals surface area contributed by atoms with E-state index >= 15 is 4.39 Å². The van der Waals surface area contributed by atoms with Crippen LogP contribution in [-0.2, 0) is 19.4 Å². The second-order valence-corrected chi connectivity index (χ2v) is 12.5. The van der Waals surface area contributed by atoms with Gasteiger partial charge in [0.15, 0.2) is 15.5 Å². The van der Waals surface area contributed by atoms with E-state index in [4.69, 9.17) is 11.6 Å². The smallest absolute Gasteiger partial charge is 0.258 e. The Kier molecular flexibility index (Phi) is 7.60. The largest absolute Gasteiger partial charge is 0.347 e. The monoisotopic (exact) mass is 525 g/mol. The molecule has 3 atom stereocenters. The van der Waals surface area contributed by atoms with Crippen LogP contribution in [0.15, 0.2) is 35.7 Å². The molecule has 1 aromatic carbocycles. The van der Waals surface area contributed by atoms with Gasteiger partial charge in [0, 0.05) is 73.7 Å². The van der Waals surface area contributed by atoms with Crippen LogP contribution in [0.1, 0.15) is 44.1 Å². The molecule has 2 amide bonds. The van der Waals surface area contributed by atoms with Gasteiger partial charge in [0.2, 0.25) is 5.91 Å². The van der Waals surface area contributed by atoms with Gasteiger partial charge in [0.1, 0.15) is 0 Å². The van der Waals surface area contributed by atoms with E-state index in [9.17, 15) is 18.0 Å². The van der Waals surface area contributed by atoms with Crippen LogP contribution in [0.5, 0.6) is 0 Å². The molecule has 192 valence electrons. The van der Waals surface area contributed by atoms with Gasteiger partial charge < -0.3 is 10.2 Å². The van der Waals surface area contributed by atoms with E-state index < -0.39 is 27.5 Å². The van der Waals surface area contributed by atoms with E-state index in [0.29, 0.717) is 17.6 Å². The third-order valence-corrected chi connectivity index (χ3v) is 8.28. The van der Waals surface area contributed by atoms with E-state index in [-0.39, 0.29) is 43.7 Å². The Hall–Kier alpha value is -1.97. The maximum Gasteiger partial charge on any atom is 0.258 e. The molecule has 10 heteroatoms. The quantitative estimate of drug-likeness (QED) is 0.591.